The molecule has 8 heteroatoms. The Kier molecular flexibility index (Phi) is 7.60. The third-order valence-electron chi connectivity index (χ3n) is 3.95. The van der Waals surface area contributed by atoms with Crippen molar-refractivity contribution in [1.82, 2.24) is 10.2 Å². The first-order valence-corrected chi connectivity index (χ1v) is 8.99. The molecule has 0 spiro atoms. The molecule has 2 rings (SSSR count). The summed E-state index contributed by atoms with van der Waals surface area (Å²) in [5.74, 6) is -0.684. The molecule has 1 fully saturated rings. The fourth-order valence-corrected chi connectivity index (χ4v) is 2.79. The molecule has 0 aromatic heterocycles. The second-order valence-corrected chi connectivity index (χ2v) is 6.36. The topological polar surface area (TPSA) is 94.2 Å². The van der Waals surface area contributed by atoms with Gasteiger partial charge in [0, 0.05) is 18.7 Å². The summed E-state index contributed by atoms with van der Waals surface area (Å²) in [4.78, 5) is 37.6. The number of hydrogen-bond donors (Lipinski definition) is 1. The van der Waals surface area contributed by atoms with Crippen LogP contribution in [-0.2, 0) is 19.1 Å². The lowest BCUT2D eigenvalue weighted by molar-refractivity contribution is -0.156. The maximum Gasteiger partial charge on any atom is 0.325 e. The Balaban J connectivity index is 1.72. The Morgan fingerprint density at radius 2 is 1.78 bits per heavy atom. The molecule has 1 heterocycles. The first-order chi connectivity index (χ1) is 12.9. The van der Waals surface area contributed by atoms with Gasteiger partial charge in [-0.05, 0) is 45.0 Å². The second-order valence-electron chi connectivity index (χ2n) is 6.36. The van der Waals surface area contributed by atoms with Crippen LogP contribution >= 0.6 is 0 Å². The molecule has 27 heavy (non-hydrogen) atoms. The van der Waals surface area contributed by atoms with Crippen molar-refractivity contribution in [2.75, 3.05) is 32.8 Å². The van der Waals surface area contributed by atoms with Crippen LogP contribution in [0.1, 0.15) is 31.1 Å². The van der Waals surface area contributed by atoms with Gasteiger partial charge in [-0.25, -0.2) is 0 Å². The first-order valence-electron chi connectivity index (χ1n) is 8.99. The van der Waals surface area contributed by atoms with E-state index in [4.69, 9.17) is 14.2 Å². The highest BCUT2D eigenvalue weighted by molar-refractivity contribution is 5.96. The molecule has 1 aromatic carbocycles. The summed E-state index contributed by atoms with van der Waals surface area (Å²) in [5.41, 5.74) is 0.402. The Labute approximate surface area is 158 Å². The van der Waals surface area contributed by atoms with Gasteiger partial charge in [0.15, 0.2) is 6.61 Å². The molecule has 1 aromatic rings. The number of carbonyl (C=O) groups is 3. The molecule has 0 radical (unpaired) electrons. The van der Waals surface area contributed by atoms with Gasteiger partial charge in [0.1, 0.15) is 12.3 Å². The van der Waals surface area contributed by atoms with Crippen molar-refractivity contribution < 1.29 is 28.6 Å². The van der Waals surface area contributed by atoms with Gasteiger partial charge >= 0.3 is 5.97 Å². The molecule has 8 nitrogen and oxygen atoms in total. The smallest absolute Gasteiger partial charge is 0.325 e. The first kappa shape index (κ1) is 20.7. The minimum atomic E-state index is -0.669. The van der Waals surface area contributed by atoms with Crippen LogP contribution in [0.2, 0.25) is 0 Å². The summed E-state index contributed by atoms with van der Waals surface area (Å²) in [5, 5.41) is 2.47. The van der Waals surface area contributed by atoms with Crippen LogP contribution in [0, 0.1) is 0 Å². The minimum absolute atomic E-state index is 0.0539. The number of rotatable bonds is 7. The zero-order chi connectivity index (χ0) is 19.8. The number of morpholine rings is 1. The van der Waals surface area contributed by atoms with Crippen molar-refractivity contribution >= 4 is 17.8 Å². The number of esters is 1. The number of benzene rings is 1. The number of carbonyl (C=O) groups excluding carboxylic acids is 3. The summed E-state index contributed by atoms with van der Waals surface area (Å²) in [6.45, 7) is 6.46. The van der Waals surface area contributed by atoms with Crippen molar-refractivity contribution in [3.05, 3.63) is 29.8 Å². The molecule has 1 saturated heterocycles. The number of nitrogens with zero attached hydrogens (tertiary/aromatic N) is 1. The van der Waals surface area contributed by atoms with Gasteiger partial charge in [-0.3, -0.25) is 14.4 Å². The maximum atomic E-state index is 12.1. The monoisotopic (exact) mass is 378 g/mol. The molecule has 1 aliphatic heterocycles. The van der Waals surface area contributed by atoms with E-state index in [1.807, 2.05) is 20.8 Å². The van der Waals surface area contributed by atoms with Crippen LogP contribution in [0.3, 0.4) is 0 Å². The minimum Gasteiger partial charge on any atom is -0.494 e. The van der Waals surface area contributed by atoms with Gasteiger partial charge in [0.25, 0.3) is 11.8 Å². The Bertz CT molecular complexity index is 651. The maximum absolute atomic E-state index is 12.1. The average molecular weight is 378 g/mol. The summed E-state index contributed by atoms with van der Waals surface area (Å²) in [6, 6.07) is 6.57. The molecule has 0 unspecified atom stereocenters. The molecule has 0 saturated carbocycles. The van der Waals surface area contributed by atoms with Crippen LogP contribution in [-0.4, -0.2) is 67.7 Å². The van der Waals surface area contributed by atoms with Gasteiger partial charge in [-0.1, -0.05) is 0 Å². The van der Waals surface area contributed by atoms with E-state index >= 15 is 0 Å². The predicted molar refractivity (Wildman–Crippen MR) is 97.5 cm³/mol. The molecule has 148 valence electrons. The van der Waals surface area contributed by atoms with Gasteiger partial charge in [-0.2, -0.15) is 0 Å². The average Bonchev–Trinajstić information content (AvgIpc) is 2.64. The van der Waals surface area contributed by atoms with Gasteiger partial charge in [-0.15, -0.1) is 0 Å². The van der Waals surface area contributed by atoms with Crippen molar-refractivity contribution in [1.29, 1.82) is 0 Å². The molecule has 2 amide bonds. The highest BCUT2D eigenvalue weighted by Crippen LogP contribution is 2.12. The molecule has 0 aliphatic carbocycles. The van der Waals surface area contributed by atoms with E-state index in [1.54, 1.807) is 29.2 Å². The van der Waals surface area contributed by atoms with Gasteiger partial charge < -0.3 is 24.4 Å². The Morgan fingerprint density at radius 1 is 1.15 bits per heavy atom. The highest BCUT2D eigenvalue weighted by atomic mass is 16.5. The van der Waals surface area contributed by atoms with E-state index < -0.39 is 11.9 Å². The van der Waals surface area contributed by atoms with Crippen molar-refractivity contribution in [3.8, 4) is 5.75 Å². The van der Waals surface area contributed by atoms with E-state index in [0.717, 1.165) is 0 Å². The van der Waals surface area contributed by atoms with E-state index in [0.29, 0.717) is 31.0 Å². The van der Waals surface area contributed by atoms with Crippen LogP contribution < -0.4 is 10.1 Å². The Hall–Kier alpha value is -2.61. The van der Waals surface area contributed by atoms with E-state index in [2.05, 4.69) is 5.32 Å². The lowest BCUT2D eigenvalue weighted by Crippen LogP contribution is -2.49. The van der Waals surface area contributed by atoms with E-state index in [1.165, 1.54) is 0 Å². The summed E-state index contributed by atoms with van der Waals surface area (Å²) in [7, 11) is 0. The Morgan fingerprint density at radius 3 is 2.37 bits per heavy atom. The normalized spacial score (nSPS) is 19.3. The number of amides is 2. The number of nitrogens with one attached hydrogen (secondary N) is 1. The standard InChI is InChI=1S/C19H26N2O6/c1-4-25-16-7-5-15(6-8-16)19(24)20-9-18(23)26-12-17(22)21-10-13(2)27-14(3)11-21/h5-8,13-14H,4,9-12H2,1-3H3,(H,20,24)/t13-,14-/m0/s1. The molecule has 1 N–H and O–H groups in total. The fraction of sp³-hybridized carbons (Fsp3) is 0.526. The summed E-state index contributed by atoms with van der Waals surface area (Å²) >= 11 is 0. The predicted octanol–water partition coefficient (Wildman–Crippen LogP) is 0.994. The molecule has 0 bridgehead atoms. The highest BCUT2D eigenvalue weighted by Gasteiger charge is 2.26. The molecular formula is C19H26N2O6. The summed E-state index contributed by atoms with van der Waals surface area (Å²) in [6.07, 6.45) is -0.108. The van der Waals surface area contributed by atoms with E-state index in [9.17, 15) is 14.4 Å². The zero-order valence-electron chi connectivity index (χ0n) is 15.9. The number of ether oxygens (including phenoxy) is 3. The van der Waals surface area contributed by atoms with Crippen molar-refractivity contribution in [2.45, 2.75) is 33.0 Å². The zero-order valence-corrected chi connectivity index (χ0v) is 15.9. The lowest BCUT2D eigenvalue weighted by atomic mass is 10.2. The third-order valence-corrected chi connectivity index (χ3v) is 3.95. The molecular weight excluding hydrogens is 352 g/mol. The second kappa shape index (κ2) is 9.91. The van der Waals surface area contributed by atoms with E-state index in [-0.39, 0.29) is 31.3 Å². The van der Waals surface area contributed by atoms with Crippen molar-refractivity contribution in [2.24, 2.45) is 0 Å². The van der Waals surface area contributed by atoms with Crippen LogP contribution in [0.15, 0.2) is 24.3 Å². The van der Waals surface area contributed by atoms with Gasteiger partial charge in [0.2, 0.25) is 0 Å². The van der Waals surface area contributed by atoms with Gasteiger partial charge in [0.05, 0.1) is 18.8 Å². The van der Waals surface area contributed by atoms with Crippen LogP contribution in [0.4, 0.5) is 0 Å². The lowest BCUT2D eigenvalue weighted by Gasteiger charge is -2.35. The largest absolute Gasteiger partial charge is 0.494 e. The summed E-state index contributed by atoms with van der Waals surface area (Å²) < 4.78 is 15.8. The van der Waals surface area contributed by atoms with Crippen LogP contribution in [0.5, 0.6) is 5.75 Å². The number of hydrogen-bond acceptors (Lipinski definition) is 6. The quantitative estimate of drug-likeness (QED) is 0.711. The molecule has 1 aliphatic rings. The third kappa shape index (κ3) is 6.56. The van der Waals surface area contributed by atoms with Crippen molar-refractivity contribution in [3.63, 3.8) is 0 Å². The SMILES string of the molecule is CCOc1ccc(C(=O)NCC(=O)OCC(=O)N2C[C@H](C)O[C@@H](C)C2)cc1. The van der Waals surface area contributed by atoms with Crippen LogP contribution in [0.25, 0.3) is 0 Å². The molecule has 2 atom stereocenters. The fourth-order valence-electron chi connectivity index (χ4n) is 2.79.